The highest BCUT2D eigenvalue weighted by Crippen LogP contribution is 2.31. The van der Waals surface area contributed by atoms with Gasteiger partial charge in [0.15, 0.2) is 0 Å². The molecule has 19 heavy (non-hydrogen) atoms. The molecule has 2 nitrogen and oxygen atoms in total. The second kappa shape index (κ2) is 5.00. The molecule has 3 rings (SSSR count). The summed E-state index contributed by atoms with van der Waals surface area (Å²) in [4.78, 5) is 9.07. The molecule has 0 fully saturated rings. The molecule has 0 unspecified atom stereocenters. The van der Waals surface area contributed by atoms with Gasteiger partial charge in [-0.1, -0.05) is 35.3 Å². The van der Waals surface area contributed by atoms with Gasteiger partial charge in [-0.2, -0.15) is 0 Å². The van der Waals surface area contributed by atoms with E-state index in [-0.39, 0.29) is 0 Å². The molecule has 0 radical (unpaired) electrons. The zero-order valence-corrected chi connectivity index (χ0v) is 12.4. The first kappa shape index (κ1) is 12.7. The molecule has 2 heterocycles. The van der Waals surface area contributed by atoms with Gasteiger partial charge >= 0.3 is 0 Å². The number of aromatic nitrogens is 2. The Kier molecular flexibility index (Phi) is 3.35. The van der Waals surface area contributed by atoms with Crippen LogP contribution in [0, 0.1) is 6.92 Å². The first-order valence-corrected chi connectivity index (χ1v) is 7.34. The van der Waals surface area contributed by atoms with Crippen molar-refractivity contribution in [2.24, 2.45) is 0 Å². The minimum absolute atomic E-state index is 0.541. The summed E-state index contributed by atoms with van der Waals surface area (Å²) in [6, 6.07) is 9.61. The van der Waals surface area contributed by atoms with E-state index in [1.165, 1.54) is 0 Å². The van der Waals surface area contributed by atoms with Crippen LogP contribution in [-0.4, -0.2) is 9.97 Å². The van der Waals surface area contributed by atoms with Gasteiger partial charge in [0.05, 0.1) is 20.6 Å². The standard InChI is InChI=1S/C14H10Cl2N2S/c1-8-13(9-4-5-10(15)11(16)7-9)18-14(17-8)12-3-2-6-19-12/h2-7H,1H3,(H,17,18). The number of thiophene rings is 1. The Bertz CT molecular complexity index is 717. The third-order valence-corrected chi connectivity index (χ3v) is 4.45. The third kappa shape index (κ3) is 2.41. The third-order valence-electron chi connectivity index (χ3n) is 2.83. The van der Waals surface area contributed by atoms with Crippen LogP contribution in [0.5, 0.6) is 0 Å². The fourth-order valence-corrected chi connectivity index (χ4v) is 2.88. The molecule has 0 spiro atoms. The van der Waals surface area contributed by atoms with Gasteiger partial charge in [0, 0.05) is 11.3 Å². The monoisotopic (exact) mass is 308 g/mol. The lowest BCUT2D eigenvalue weighted by molar-refractivity contribution is 1.26. The molecule has 0 aliphatic heterocycles. The number of benzene rings is 1. The number of imidazole rings is 1. The largest absolute Gasteiger partial charge is 0.341 e. The number of nitrogens with one attached hydrogen (secondary N) is 1. The Balaban J connectivity index is 2.08. The van der Waals surface area contributed by atoms with Gasteiger partial charge in [-0.3, -0.25) is 0 Å². The highest BCUT2D eigenvalue weighted by Gasteiger charge is 2.12. The van der Waals surface area contributed by atoms with E-state index in [2.05, 4.69) is 9.97 Å². The summed E-state index contributed by atoms with van der Waals surface area (Å²) in [6.07, 6.45) is 0. The lowest BCUT2D eigenvalue weighted by Crippen LogP contribution is -1.81. The average Bonchev–Trinajstić information content (AvgIpc) is 3.01. The molecule has 1 aromatic carbocycles. The summed E-state index contributed by atoms with van der Waals surface area (Å²) in [5.74, 6) is 0.883. The van der Waals surface area contributed by atoms with Gasteiger partial charge in [-0.15, -0.1) is 11.3 Å². The molecule has 3 aromatic rings. The van der Waals surface area contributed by atoms with E-state index in [0.29, 0.717) is 10.0 Å². The van der Waals surface area contributed by atoms with Gasteiger partial charge in [-0.05, 0) is 30.5 Å². The topological polar surface area (TPSA) is 28.7 Å². The maximum Gasteiger partial charge on any atom is 0.148 e. The van der Waals surface area contributed by atoms with Crippen molar-refractivity contribution in [3.8, 4) is 22.0 Å². The molecule has 0 amide bonds. The number of H-pyrrole nitrogens is 1. The van der Waals surface area contributed by atoms with Crippen LogP contribution in [0.15, 0.2) is 35.7 Å². The number of aryl methyl sites for hydroxylation is 1. The Morgan fingerprint density at radius 1 is 1.16 bits per heavy atom. The van der Waals surface area contributed by atoms with Crippen molar-refractivity contribution in [2.75, 3.05) is 0 Å². The van der Waals surface area contributed by atoms with Crippen molar-refractivity contribution in [1.82, 2.24) is 9.97 Å². The number of nitrogens with zero attached hydrogens (tertiary/aromatic N) is 1. The lowest BCUT2D eigenvalue weighted by Gasteiger charge is -2.00. The minimum atomic E-state index is 0.541. The number of halogens is 2. The van der Waals surface area contributed by atoms with Crippen LogP contribution in [0.25, 0.3) is 22.0 Å². The fourth-order valence-electron chi connectivity index (χ4n) is 1.91. The van der Waals surface area contributed by atoms with Gasteiger partial charge in [0.2, 0.25) is 0 Å². The van der Waals surface area contributed by atoms with E-state index in [0.717, 1.165) is 27.7 Å². The van der Waals surface area contributed by atoms with Crippen LogP contribution in [0.3, 0.4) is 0 Å². The molecular weight excluding hydrogens is 299 g/mol. The lowest BCUT2D eigenvalue weighted by atomic mass is 10.1. The predicted octanol–water partition coefficient (Wildman–Crippen LogP) is 5.42. The Labute approximate surface area is 125 Å². The number of rotatable bonds is 2. The van der Waals surface area contributed by atoms with Crippen molar-refractivity contribution >= 4 is 34.5 Å². The summed E-state index contributed by atoms with van der Waals surface area (Å²) in [5.41, 5.74) is 2.88. The summed E-state index contributed by atoms with van der Waals surface area (Å²) >= 11 is 13.6. The number of hydrogen-bond donors (Lipinski definition) is 1. The minimum Gasteiger partial charge on any atom is -0.341 e. The molecule has 0 aliphatic carbocycles. The first-order chi connectivity index (χ1) is 9.15. The number of aromatic amines is 1. The van der Waals surface area contributed by atoms with Crippen molar-refractivity contribution in [2.45, 2.75) is 6.92 Å². The van der Waals surface area contributed by atoms with Crippen LogP contribution in [0.1, 0.15) is 5.69 Å². The average molecular weight is 309 g/mol. The predicted molar refractivity (Wildman–Crippen MR) is 82.1 cm³/mol. The Hall–Kier alpha value is -1.29. The quantitative estimate of drug-likeness (QED) is 0.672. The van der Waals surface area contributed by atoms with Gasteiger partial charge in [0.25, 0.3) is 0 Å². The molecule has 0 saturated carbocycles. The zero-order valence-electron chi connectivity index (χ0n) is 10.1. The molecule has 0 bridgehead atoms. The second-order valence-electron chi connectivity index (χ2n) is 4.17. The molecule has 5 heteroatoms. The van der Waals surface area contributed by atoms with Crippen molar-refractivity contribution in [3.63, 3.8) is 0 Å². The molecule has 96 valence electrons. The molecule has 2 aromatic heterocycles. The molecule has 1 N–H and O–H groups in total. The van der Waals surface area contributed by atoms with Gasteiger partial charge < -0.3 is 4.98 Å². The van der Waals surface area contributed by atoms with Crippen LogP contribution in [0.4, 0.5) is 0 Å². The second-order valence-corrected chi connectivity index (χ2v) is 5.93. The number of hydrogen-bond acceptors (Lipinski definition) is 2. The van der Waals surface area contributed by atoms with E-state index in [1.54, 1.807) is 17.4 Å². The van der Waals surface area contributed by atoms with E-state index in [9.17, 15) is 0 Å². The van der Waals surface area contributed by atoms with Gasteiger partial charge in [-0.25, -0.2) is 4.98 Å². The maximum atomic E-state index is 6.05. The summed E-state index contributed by atoms with van der Waals surface area (Å²) < 4.78 is 0. The summed E-state index contributed by atoms with van der Waals surface area (Å²) in [5, 5.41) is 3.13. The summed E-state index contributed by atoms with van der Waals surface area (Å²) in [7, 11) is 0. The highest BCUT2D eigenvalue weighted by atomic mass is 35.5. The van der Waals surface area contributed by atoms with E-state index < -0.39 is 0 Å². The highest BCUT2D eigenvalue weighted by molar-refractivity contribution is 7.13. The molecule has 0 atom stereocenters. The van der Waals surface area contributed by atoms with Crippen molar-refractivity contribution in [1.29, 1.82) is 0 Å². The first-order valence-electron chi connectivity index (χ1n) is 5.71. The normalized spacial score (nSPS) is 10.9. The smallest absolute Gasteiger partial charge is 0.148 e. The fraction of sp³-hybridized carbons (Fsp3) is 0.0714. The van der Waals surface area contributed by atoms with Crippen LogP contribution < -0.4 is 0 Å². The van der Waals surface area contributed by atoms with Crippen molar-refractivity contribution < 1.29 is 0 Å². The molecular formula is C14H10Cl2N2S. The van der Waals surface area contributed by atoms with E-state index in [4.69, 9.17) is 23.2 Å². The van der Waals surface area contributed by atoms with Crippen LogP contribution in [-0.2, 0) is 0 Å². The Morgan fingerprint density at radius 3 is 2.68 bits per heavy atom. The molecule has 0 saturated heterocycles. The van der Waals surface area contributed by atoms with Crippen molar-refractivity contribution in [3.05, 3.63) is 51.5 Å². The molecule has 0 aliphatic rings. The van der Waals surface area contributed by atoms with Crippen LogP contribution >= 0.6 is 34.5 Å². The zero-order chi connectivity index (χ0) is 13.4. The summed E-state index contributed by atoms with van der Waals surface area (Å²) in [6.45, 7) is 2.00. The van der Waals surface area contributed by atoms with Gasteiger partial charge in [0.1, 0.15) is 5.82 Å². The van der Waals surface area contributed by atoms with E-state index >= 15 is 0 Å². The Morgan fingerprint density at radius 2 is 2.00 bits per heavy atom. The van der Waals surface area contributed by atoms with E-state index in [1.807, 2.05) is 36.6 Å². The van der Waals surface area contributed by atoms with Crippen LogP contribution in [0.2, 0.25) is 10.0 Å². The SMILES string of the molecule is Cc1[nH]c(-c2cccs2)nc1-c1ccc(Cl)c(Cl)c1. The maximum absolute atomic E-state index is 6.05.